The third-order valence-electron chi connectivity index (χ3n) is 8.76. The zero-order chi connectivity index (χ0) is 26.3. The summed E-state index contributed by atoms with van der Waals surface area (Å²) in [6.07, 6.45) is 5.49. The summed E-state index contributed by atoms with van der Waals surface area (Å²) in [7, 11) is 0. The van der Waals surface area contributed by atoms with E-state index in [2.05, 4.69) is 9.80 Å². The first-order valence-electron chi connectivity index (χ1n) is 14.1. The Morgan fingerprint density at radius 3 is 2.71 bits per heavy atom. The lowest BCUT2D eigenvalue weighted by Gasteiger charge is -2.39. The van der Waals surface area contributed by atoms with Crippen molar-refractivity contribution in [2.24, 2.45) is 0 Å². The topological polar surface area (TPSA) is 65.5 Å². The second-order valence-electron chi connectivity index (χ2n) is 11.5. The molecule has 2 atom stereocenters. The van der Waals surface area contributed by atoms with Crippen molar-refractivity contribution in [3.05, 3.63) is 53.3 Å². The molecule has 8 heteroatoms. The summed E-state index contributed by atoms with van der Waals surface area (Å²) in [5.41, 5.74) is 2.24. The monoisotopic (exact) mass is 523 g/mol. The molecular formula is C30H38FN3O4. The Labute approximate surface area is 224 Å². The van der Waals surface area contributed by atoms with E-state index < -0.39 is 5.60 Å². The molecule has 0 radical (unpaired) electrons. The molecule has 4 aliphatic heterocycles. The molecule has 0 saturated carbocycles. The van der Waals surface area contributed by atoms with Crippen molar-refractivity contribution >= 4 is 17.3 Å². The van der Waals surface area contributed by atoms with Crippen LogP contribution in [-0.2, 0) is 11.2 Å². The highest BCUT2D eigenvalue weighted by molar-refractivity contribution is 6.08. The fraction of sp³-hybridized carbons (Fsp3) is 0.567. The summed E-state index contributed by atoms with van der Waals surface area (Å²) < 4.78 is 26.9. The highest BCUT2D eigenvalue weighted by Gasteiger charge is 2.35. The van der Waals surface area contributed by atoms with Crippen molar-refractivity contribution in [3.8, 4) is 5.75 Å². The van der Waals surface area contributed by atoms with Gasteiger partial charge in [-0.25, -0.2) is 4.39 Å². The number of nitrogens with zero attached hydrogens (tertiary/aromatic N) is 3. The van der Waals surface area contributed by atoms with Gasteiger partial charge in [-0.05, 0) is 87.4 Å². The lowest BCUT2D eigenvalue weighted by Crippen LogP contribution is -2.47. The van der Waals surface area contributed by atoms with Crippen LogP contribution >= 0.6 is 0 Å². The van der Waals surface area contributed by atoms with Gasteiger partial charge in [-0.2, -0.15) is 0 Å². The molecule has 0 bridgehead atoms. The van der Waals surface area contributed by atoms with Crippen LogP contribution < -0.4 is 14.5 Å². The number of carbonyl (C=O) groups is 1. The van der Waals surface area contributed by atoms with Crippen molar-refractivity contribution in [1.29, 1.82) is 0 Å². The molecule has 0 aromatic heterocycles. The minimum absolute atomic E-state index is 0.105. The highest BCUT2D eigenvalue weighted by Crippen LogP contribution is 2.33. The van der Waals surface area contributed by atoms with E-state index in [-0.39, 0.29) is 17.8 Å². The van der Waals surface area contributed by atoms with Crippen LogP contribution in [0.4, 0.5) is 15.8 Å². The van der Waals surface area contributed by atoms with Crippen molar-refractivity contribution in [2.45, 2.75) is 63.2 Å². The second kappa shape index (κ2) is 10.5. The third-order valence-corrected chi connectivity index (χ3v) is 8.76. The van der Waals surface area contributed by atoms with Gasteiger partial charge in [-0.15, -0.1) is 0 Å². The van der Waals surface area contributed by atoms with Crippen LogP contribution in [0.15, 0.2) is 36.4 Å². The second-order valence-corrected chi connectivity index (χ2v) is 11.5. The number of likely N-dealkylation sites (tertiary alicyclic amines) is 1. The number of anilines is 2. The van der Waals surface area contributed by atoms with Crippen molar-refractivity contribution in [3.63, 3.8) is 0 Å². The summed E-state index contributed by atoms with van der Waals surface area (Å²) in [5, 5.41) is 10.3. The number of piperidine rings is 1. The van der Waals surface area contributed by atoms with Crippen LogP contribution in [0.5, 0.6) is 5.75 Å². The Morgan fingerprint density at radius 1 is 1.11 bits per heavy atom. The molecule has 2 aromatic carbocycles. The standard InChI is InChI=1S/C30H38FN3O4/c1-30(36)10-14-32(15-11-30)23-9-12-33(19-23)28-7-4-22(18-27(28)31)34-13-8-21-17-24(5-6-26(21)29(34)35)38-20-25-3-2-16-37-25/h4-7,17-18,23,25,36H,2-3,8-16,19-20H2,1H3/t23-,25+/m1/s1. The fourth-order valence-corrected chi connectivity index (χ4v) is 6.32. The number of aliphatic hydroxyl groups is 1. The number of benzene rings is 2. The Bertz CT molecular complexity index is 1170. The van der Waals surface area contributed by atoms with Gasteiger partial charge >= 0.3 is 0 Å². The van der Waals surface area contributed by atoms with E-state index in [1.54, 1.807) is 4.90 Å². The first kappa shape index (κ1) is 25.6. The highest BCUT2D eigenvalue weighted by atomic mass is 19.1. The van der Waals surface area contributed by atoms with E-state index in [1.807, 2.05) is 37.3 Å². The lowest BCUT2D eigenvalue weighted by atomic mass is 9.93. The molecule has 4 heterocycles. The van der Waals surface area contributed by atoms with Gasteiger partial charge in [0.25, 0.3) is 5.91 Å². The molecule has 3 saturated heterocycles. The Balaban J connectivity index is 1.09. The Morgan fingerprint density at radius 2 is 1.95 bits per heavy atom. The lowest BCUT2D eigenvalue weighted by molar-refractivity contribution is -0.0142. The maximum atomic E-state index is 15.4. The first-order valence-corrected chi connectivity index (χ1v) is 14.1. The summed E-state index contributed by atoms with van der Waals surface area (Å²) in [6, 6.07) is 11.2. The smallest absolute Gasteiger partial charge is 0.258 e. The molecule has 1 N–H and O–H groups in total. The molecule has 0 aliphatic carbocycles. The Kier molecular flexibility index (Phi) is 7.05. The molecular weight excluding hydrogens is 485 g/mol. The van der Waals surface area contributed by atoms with Crippen LogP contribution in [0.3, 0.4) is 0 Å². The minimum atomic E-state index is -0.566. The number of halogens is 1. The van der Waals surface area contributed by atoms with Crippen molar-refractivity contribution < 1.29 is 23.8 Å². The molecule has 6 rings (SSSR count). The summed E-state index contributed by atoms with van der Waals surface area (Å²) in [6.45, 7) is 7.10. The predicted molar refractivity (Wildman–Crippen MR) is 145 cm³/mol. The molecule has 3 fully saturated rings. The van der Waals surface area contributed by atoms with E-state index in [0.29, 0.717) is 42.6 Å². The van der Waals surface area contributed by atoms with E-state index >= 15 is 4.39 Å². The van der Waals surface area contributed by atoms with Crippen molar-refractivity contribution in [1.82, 2.24) is 4.90 Å². The van der Waals surface area contributed by atoms with Gasteiger partial charge < -0.3 is 24.4 Å². The number of amides is 1. The zero-order valence-electron chi connectivity index (χ0n) is 22.2. The molecule has 204 valence electrons. The van der Waals surface area contributed by atoms with Gasteiger partial charge in [0.15, 0.2) is 0 Å². The molecule has 0 spiro atoms. The molecule has 38 heavy (non-hydrogen) atoms. The molecule has 7 nitrogen and oxygen atoms in total. The van der Waals surface area contributed by atoms with Gasteiger partial charge in [0.1, 0.15) is 18.2 Å². The maximum Gasteiger partial charge on any atom is 0.258 e. The van der Waals surface area contributed by atoms with Gasteiger partial charge in [0.2, 0.25) is 0 Å². The number of fused-ring (bicyclic) bond motifs is 1. The average molecular weight is 524 g/mol. The minimum Gasteiger partial charge on any atom is -0.491 e. The molecule has 0 unspecified atom stereocenters. The zero-order valence-corrected chi connectivity index (χ0v) is 22.2. The van der Waals surface area contributed by atoms with E-state index in [0.717, 1.165) is 76.2 Å². The van der Waals surface area contributed by atoms with Crippen LogP contribution in [0, 0.1) is 5.82 Å². The SMILES string of the molecule is CC1(O)CCN([C@@H]2CCN(c3ccc(N4CCc5cc(OC[C@@H]6CCCO6)ccc5C4=O)cc3F)C2)CC1. The van der Waals surface area contributed by atoms with E-state index in [1.165, 1.54) is 6.07 Å². The average Bonchev–Trinajstić information content (AvgIpc) is 3.60. The van der Waals surface area contributed by atoms with Gasteiger partial charge in [-0.1, -0.05) is 0 Å². The number of ether oxygens (including phenoxy) is 2. The summed E-state index contributed by atoms with van der Waals surface area (Å²) in [5.74, 6) is 0.363. The van der Waals surface area contributed by atoms with Gasteiger partial charge in [0, 0.05) is 56.6 Å². The van der Waals surface area contributed by atoms with Crippen LogP contribution in [-0.4, -0.2) is 79.6 Å². The van der Waals surface area contributed by atoms with Crippen LogP contribution in [0.2, 0.25) is 0 Å². The van der Waals surface area contributed by atoms with Crippen LogP contribution in [0.25, 0.3) is 0 Å². The molecule has 1 amide bonds. The van der Waals surface area contributed by atoms with Gasteiger partial charge in [0.05, 0.1) is 17.4 Å². The predicted octanol–water partition coefficient (Wildman–Crippen LogP) is 4.01. The summed E-state index contributed by atoms with van der Waals surface area (Å²) >= 11 is 0. The number of rotatable bonds is 6. The van der Waals surface area contributed by atoms with E-state index in [4.69, 9.17) is 9.47 Å². The molecule has 2 aromatic rings. The van der Waals surface area contributed by atoms with Gasteiger partial charge in [-0.3, -0.25) is 9.69 Å². The van der Waals surface area contributed by atoms with Crippen LogP contribution in [0.1, 0.15) is 54.9 Å². The maximum absolute atomic E-state index is 15.4. The van der Waals surface area contributed by atoms with Crippen molar-refractivity contribution in [2.75, 3.05) is 55.7 Å². The van der Waals surface area contributed by atoms with E-state index in [9.17, 15) is 9.90 Å². The number of hydrogen-bond donors (Lipinski definition) is 1. The molecule has 4 aliphatic rings. The fourth-order valence-electron chi connectivity index (χ4n) is 6.32. The largest absolute Gasteiger partial charge is 0.491 e. The number of hydrogen-bond acceptors (Lipinski definition) is 6. The summed E-state index contributed by atoms with van der Waals surface area (Å²) in [4.78, 5) is 19.5. The number of carbonyl (C=O) groups excluding carboxylic acids is 1. The normalized spacial score (nSPS) is 25.6. The third kappa shape index (κ3) is 5.26. The first-order chi connectivity index (χ1) is 18.4. The quantitative estimate of drug-likeness (QED) is 0.617. The Hall–Kier alpha value is -2.68.